The largest absolute Gasteiger partial charge is 0.480 e. The number of carbonyl (C=O) groups is 4. The Hall–Kier alpha value is -4.64. The Kier molecular flexibility index (Phi) is 11.0. The summed E-state index contributed by atoms with van der Waals surface area (Å²) < 4.78 is 0. The average molecular weight is 617 g/mol. The van der Waals surface area contributed by atoms with Crippen LogP contribution in [0.3, 0.4) is 0 Å². The molecular formula is C34H44N6O5. The summed E-state index contributed by atoms with van der Waals surface area (Å²) in [6, 6.07) is 11.2. The van der Waals surface area contributed by atoms with Gasteiger partial charge in [0, 0.05) is 40.6 Å². The van der Waals surface area contributed by atoms with E-state index < -0.39 is 47.9 Å². The first-order valence-corrected chi connectivity index (χ1v) is 15.5. The number of nitrogens with one attached hydrogen (secondary N) is 5. The van der Waals surface area contributed by atoms with Gasteiger partial charge in [-0.05, 0) is 47.9 Å². The number of hydrogen-bond acceptors (Lipinski definition) is 5. The first-order chi connectivity index (χ1) is 21.5. The number of benzene rings is 2. The van der Waals surface area contributed by atoms with Crippen LogP contribution in [-0.4, -0.2) is 62.9 Å². The van der Waals surface area contributed by atoms with Crippen molar-refractivity contribution in [3.8, 4) is 0 Å². The third-order valence-electron chi connectivity index (χ3n) is 8.30. The van der Waals surface area contributed by atoms with Crippen LogP contribution in [0.2, 0.25) is 0 Å². The quantitative estimate of drug-likeness (QED) is 0.107. The van der Waals surface area contributed by atoms with E-state index in [0.29, 0.717) is 12.8 Å². The van der Waals surface area contributed by atoms with Gasteiger partial charge in [0.2, 0.25) is 17.7 Å². The molecule has 11 heteroatoms. The van der Waals surface area contributed by atoms with Crippen LogP contribution >= 0.6 is 0 Å². The van der Waals surface area contributed by atoms with E-state index in [1.807, 2.05) is 82.4 Å². The monoisotopic (exact) mass is 616 g/mol. The van der Waals surface area contributed by atoms with Crippen LogP contribution in [0.15, 0.2) is 60.9 Å². The molecule has 4 rings (SSSR count). The van der Waals surface area contributed by atoms with Crippen LogP contribution in [0, 0.1) is 11.8 Å². The van der Waals surface area contributed by atoms with Gasteiger partial charge in [-0.15, -0.1) is 0 Å². The van der Waals surface area contributed by atoms with Crippen molar-refractivity contribution in [2.45, 2.75) is 77.5 Å². The second-order valence-corrected chi connectivity index (χ2v) is 12.2. The number of amides is 3. The second kappa shape index (κ2) is 14.9. The highest BCUT2D eigenvalue weighted by Crippen LogP contribution is 2.21. The maximum Gasteiger partial charge on any atom is 0.326 e. The molecule has 0 spiro atoms. The Morgan fingerprint density at radius 2 is 1.29 bits per heavy atom. The van der Waals surface area contributed by atoms with Gasteiger partial charge in [0.05, 0.1) is 6.04 Å². The number of carboxylic acid groups (broad SMARTS) is 1. The van der Waals surface area contributed by atoms with Gasteiger partial charge in [0.25, 0.3) is 0 Å². The molecule has 0 saturated carbocycles. The van der Waals surface area contributed by atoms with Crippen LogP contribution in [-0.2, 0) is 32.0 Å². The highest BCUT2D eigenvalue weighted by molar-refractivity contribution is 5.95. The van der Waals surface area contributed by atoms with Crippen molar-refractivity contribution >= 4 is 45.5 Å². The fourth-order valence-electron chi connectivity index (χ4n) is 5.55. The molecule has 3 amide bonds. The number of fused-ring (bicyclic) bond motifs is 2. The molecule has 0 aliphatic carbocycles. The van der Waals surface area contributed by atoms with Crippen LogP contribution in [0.25, 0.3) is 21.8 Å². The van der Waals surface area contributed by atoms with Crippen molar-refractivity contribution in [3.63, 3.8) is 0 Å². The lowest BCUT2D eigenvalue weighted by Crippen LogP contribution is -2.59. The number of para-hydroxylation sites is 2. The molecule has 45 heavy (non-hydrogen) atoms. The van der Waals surface area contributed by atoms with Crippen molar-refractivity contribution in [2.75, 3.05) is 0 Å². The lowest BCUT2D eigenvalue weighted by atomic mass is 9.95. The number of rotatable bonds is 15. The number of carboxylic acids is 1. The molecule has 0 fully saturated rings. The highest BCUT2D eigenvalue weighted by atomic mass is 16.4. The third kappa shape index (κ3) is 8.30. The van der Waals surface area contributed by atoms with E-state index in [0.717, 1.165) is 32.9 Å². The van der Waals surface area contributed by atoms with E-state index in [1.165, 1.54) is 0 Å². The van der Waals surface area contributed by atoms with Crippen molar-refractivity contribution in [2.24, 2.45) is 17.6 Å². The predicted octanol–water partition coefficient (Wildman–Crippen LogP) is 3.39. The Labute approximate surface area is 262 Å². The van der Waals surface area contributed by atoms with Crippen molar-refractivity contribution in [1.29, 1.82) is 0 Å². The van der Waals surface area contributed by atoms with E-state index in [4.69, 9.17) is 5.73 Å². The molecule has 0 bridgehead atoms. The van der Waals surface area contributed by atoms with E-state index in [-0.39, 0.29) is 24.7 Å². The first-order valence-electron chi connectivity index (χ1n) is 15.5. The van der Waals surface area contributed by atoms with Crippen molar-refractivity contribution < 1.29 is 24.3 Å². The van der Waals surface area contributed by atoms with Gasteiger partial charge in [-0.2, -0.15) is 0 Å². The Bertz CT molecular complexity index is 1640. The molecule has 2 aromatic heterocycles. The Balaban J connectivity index is 1.45. The number of aromatic amines is 2. The number of aliphatic carboxylic acids is 1. The summed E-state index contributed by atoms with van der Waals surface area (Å²) >= 11 is 0. The molecule has 0 radical (unpaired) electrons. The summed E-state index contributed by atoms with van der Waals surface area (Å²) in [5.41, 5.74) is 9.75. The van der Waals surface area contributed by atoms with Gasteiger partial charge in [-0.3, -0.25) is 14.4 Å². The summed E-state index contributed by atoms with van der Waals surface area (Å²) in [5.74, 6) is -3.05. The molecule has 8 N–H and O–H groups in total. The van der Waals surface area contributed by atoms with Gasteiger partial charge >= 0.3 is 5.97 Å². The van der Waals surface area contributed by atoms with E-state index in [1.54, 1.807) is 6.20 Å². The van der Waals surface area contributed by atoms with Crippen molar-refractivity contribution in [1.82, 2.24) is 25.9 Å². The van der Waals surface area contributed by atoms with Gasteiger partial charge in [-0.1, -0.05) is 70.5 Å². The fourth-order valence-corrected chi connectivity index (χ4v) is 5.55. The number of nitrogens with two attached hydrogens (primary N) is 1. The molecule has 2 aromatic carbocycles. The number of aromatic nitrogens is 2. The topological polar surface area (TPSA) is 182 Å². The van der Waals surface area contributed by atoms with E-state index >= 15 is 0 Å². The standard InChI is InChI=1S/C34H44N6O5/c1-5-20(4)30(33(43)39-29(34(44)45)16-22-18-37-27-13-9-7-11-24(22)27)40-32(42)28(14-19(2)3)38-31(41)25(35)15-21-17-36-26-12-8-6-10-23(21)26/h6-13,17-20,25,28-30,36-37H,5,14-16,35H2,1-4H3,(H,38,41)(H,39,43)(H,40,42)(H,44,45)/t20-,25-,28-,29+,30-/m1/s1. The molecule has 11 nitrogen and oxygen atoms in total. The minimum Gasteiger partial charge on any atom is -0.480 e. The Morgan fingerprint density at radius 1 is 0.756 bits per heavy atom. The molecule has 4 aromatic rings. The van der Waals surface area contributed by atoms with Gasteiger partial charge in [0.1, 0.15) is 18.1 Å². The van der Waals surface area contributed by atoms with Gasteiger partial charge in [0.15, 0.2) is 0 Å². The van der Waals surface area contributed by atoms with E-state index in [2.05, 4.69) is 25.9 Å². The zero-order chi connectivity index (χ0) is 32.7. The molecular weight excluding hydrogens is 572 g/mol. The molecule has 0 saturated heterocycles. The third-order valence-corrected chi connectivity index (χ3v) is 8.30. The second-order valence-electron chi connectivity index (χ2n) is 12.2. The van der Waals surface area contributed by atoms with Crippen LogP contribution in [0.1, 0.15) is 51.7 Å². The number of H-pyrrole nitrogens is 2. The Morgan fingerprint density at radius 3 is 1.82 bits per heavy atom. The predicted molar refractivity (Wildman–Crippen MR) is 174 cm³/mol. The smallest absolute Gasteiger partial charge is 0.326 e. The summed E-state index contributed by atoms with van der Waals surface area (Å²) in [6.45, 7) is 7.56. The number of hydrogen-bond donors (Lipinski definition) is 7. The zero-order valence-electron chi connectivity index (χ0n) is 26.2. The SMILES string of the molecule is CC[C@@H](C)[C@@H](NC(=O)[C@@H](CC(C)C)NC(=O)[C@H](N)Cc1c[nH]c2ccccc12)C(=O)N[C@@H](Cc1c[nH]c2ccccc12)C(=O)O. The lowest BCUT2D eigenvalue weighted by Gasteiger charge is -2.28. The summed E-state index contributed by atoms with van der Waals surface area (Å²) in [4.78, 5) is 58.9. The average Bonchev–Trinajstić information content (AvgIpc) is 3.62. The summed E-state index contributed by atoms with van der Waals surface area (Å²) in [6.07, 6.45) is 4.78. The zero-order valence-corrected chi connectivity index (χ0v) is 26.2. The highest BCUT2D eigenvalue weighted by Gasteiger charge is 2.33. The summed E-state index contributed by atoms with van der Waals surface area (Å²) in [5, 5.41) is 20.1. The van der Waals surface area contributed by atoms with Crippen molar-refractivity contribution in [3.05, 3.63) is 72.1 Å². The molecule has 5 atom stereocenters. The molecule has 240 valence electrons. The molecule has 0 unspecified atom stereocenters. The molecule has 0 aliphatic rings. The molecule has 0 aliphatic heterocycles. The molecule has 2 heterocycles. The van der Waals surface area contributed by atoms with E-state index in [9.17, 15) is 24.3 Å². The lowest BCUT2D eigenvalue weighted by molar-refractivity contribution is -0.142. The van der Waals surface area contributed by atoms with Gasteiger partial charge < -0.3 is 36.8 Å². The minimum absolute atomic E-state index is 0.0503. The number of carbonyl (C=O) groups excluding carboxylic acids is 3. The minimum atomic E-state index is -1.21. The maximum absolute atomic E-state index is 13.6. The normalized spacial score (nSPS) is 14.9. The van der Waals surface area contributed by atoms with Gasteiger partial charge in [-0.25, -0.2) is 4.79 Å². The van der Waals surface area contributed by atoms with Crippen LogP contribution in [0.5, 0.6) is 0 Å². The fraction of sp³-hybridized carbons (Fsp3) is 0.412. The van der Waals surface area contributed by atoms with Crippen LogP contribution in [0.4, 0.5) is 0 Å². The summed E-state index contributed by atoms with van der Waals surface area (Å²) in [7, 11) is 0. The van der Waals surface area contributed by atoms with Crippen LogP contribution < -0.4 is 21.7 Å². The maximum atomic E-state index is 13.6. The first kappa shape index (κ1) is 33.3.